The first kappa shape index (κ1) is 30.9. The van der Waals surface area contributed by atoms with Crippen molar-refractivity contribution < 1.29 is 18.0 Å². The fraction of sp³-hybridized carbons (Fsp3) is 0.375. The summed E-state index contributed by atoms with van der Waals surface area (Å²) in [6, 6.07) is 24.2. The van der Waals surface area contributed by atoms with Crippen LogP contribution in [0.15, 0.2) is 78.9 Å². The molecule has 0 spiro atoms. The molecule has 0 fully saturated rings. The third kappa shape index (κ3) is 9.23. The monoisotopic (exact) mass is 563 g/mol. The quantitative estimate of drug-likeness (QED) is 0.299. The molecule has 3 rings (SSSR count). The van der Waals surface area contributed by atoms with Gasteiger partial charge in [-0.05, 0) is 55.5 Å². The Morgan fingerprint density at radius 2 is 1.52 bits per heavy atom. The van der Waals surface area contributed by atoms with Crippen molar-refractivity contribution in [1.29, 1.82) is 0 Å². The first-order valence-electron chi connectivity index (χ1n) is 13.8. The van der Waals surface area contributed by atoms with E-state index in [1.54, 1.807) is 11.0 Å². The van der Waals surface area contributed by atoms with E-state index in [9.17, 15) is 18.0 Å². The van der Waals surface area contributed by atoms with E-state index in [2.05, 4.69) is 5.32 Å². The average molecular weight is 564 g/mol. The summed E-state index contributed by atoms with van der Waals surface area (Å²) in [5.74, 6) is -0.379. The maximum atomic E-state index is 13.8. The normalized spacial score (nSPS) is 12.0. The average Bonchev–Trinajstić information content (AvgIpc) is 2.91. The molecule has 0 aliphatic rings. The highest BCUT2D eigenvalue weighted by atomic mass is 32.2. The Balaban J connectivity index is 1.87. The van der Waals surface area contributed by atoms with Crippen LogP contribution in [0.5, 0.6) is 0 Å². The van der Waals surface area contributed by atoms with Crippen molar-refractivity contribution in [3.8, 4) is 0 Å². The van der Waals surface area contributed by atoms with Gasteiger partial charge in [-0.25, -0.2) is 8.42 Å². The van der Waals surface area contributed by atoms with E-state index in [1.165, 1.54) is 10.6 Å². The third-order valence-corrected chi connectivity index (χ3v) is 7.89. The van der Waals surface area contributed by atoms with Gasteiger partial charge in [0.2, 0.25) is 21.8 Å². The minimum Gasteiger partial charge on any atom is -0.354 e. The predicted octanol–water partition coefficient (Wildman–Crippen LogP) is 5.02. The number of nitrogens with zero attached hydrogens (tertiary/aromatic N) is 2. The standard InChI is InChI=1S/C32H41N3O4S/c1-5-19-33-32(37)30(23-27-14-7-6-8-15-27)34(24-28-16-9-12-25(2)21-28)31(36)18-11-20-35(40(4,38)39)29-17-10-13-26(3)22-29/h6-10,12-17,21-22,30H,5,11,18-20,23-24H2,1-4H3,(H,33,37). The summed E-state index contributed by atoms with van der Waals surface area (Å²) in [6.07, 6.45) is 2.77. The lowest BCUT2D eigenvalue weighted by Crippen LogP contribution is -2.50. The number of amides is 2. The Morgan fingerprint density at radius 3 is 2.15 bits per heavy atom. The zero-order valence-electron chi connectivity index (χ0n) is 24.0. The molecule has 0 heterocycles. The van der Waals surface area contributed by atoms with Gasteiger partial charge in [0, 0.05) is 32.5 Å². The van der Waals surface area contributed by atoms with E-state index in [0.717, 1.165) is 28.7 Å². The molecule has 2 amide bonds. The van der Waals surface area contributed by atoms with Crippen LogP contribution < -0.4 is 9.62 Å². The number of carbonyl (C=O) groups is 2. The smallest absolute Gasteiger partial charge is 0.243 e. The molecule has 214 valence electrons. The van der Waals surface area contributed by atoms with Gasteiger partial charge in [0.15, 0.2) is 0 Å². The lowest BCUT2D eigenvalue weighted by Gasteiger charge is -2.32. The van der Waals surface area contributed by atoms with Gasteiger partial charge in [-0.15, -0.1) is 0 Å². The van der Waals surface area contributed by atoms with Crippen molar-refractivity contribution in [1.82, 2.24) is 10.2 Å². The zero-order valence-corrected chi connectivity index (χ0v) is 24.8. The van der Waals surface area contributed by atoms with Gasteiger partial charge in [-0.3, -0.25) is 13.9 Å². The van der Waals surface area contributed by atoms with Gasteiger partial charge in [0.25, 0.3) is 0 Å². The molecule has 0 aromatic heterocycles. The molecule has 40 heavy (non-hydrogen) atoms. The van der Waals surface area contributed by atoms with Crippen molar-refractivity contribution in [2.45, 2.75) is 59.0 Å². The number of carbonyl (C=O) groups excluding carboxylic acids is 2. The Morgan fingerprint density at radius 1 is 0.875 bits per heavy atom. The molecule has 3 aromatic rings. The van der Waals surface area contributed by atoms with Gasteiger partial charge in [-0.2, -0.15) is 0 Å². The molecule has 8 heteroatoms. The zero-order chi connectivity index (χ0) is 29.1. The summed E-state index contributed by atoms with van der Waals surface area (Å²) in [5, 5.41) is 2.99. The molecule has 3 aromatic carbocycles. The fourth-order valence-electron chi connectivity index (χ4n) is 4.71. The topological polar surface area (TPSA) is 86.8 Å². The molecule has 1 atom stereocenters. The van der Waals surface area contributed by atoms with E-state index < -0.39 is 16.1 Å². The lowest BCUT2D eigenvalue weighted by atomic mass is 10.0. The van der Waals surface area contributed by atoms with Gasteiger partial charge >= 0.3 is 0 Å². The second-order valence-corrected chi connectivity index (χ2v) is 12.2. The van der Waals surface area contributed by atoms with Crippen molar-refractivity contribution in [3.63, 3.8) is 0 Å². The van der Waals surface area contributed by atoms with Crippen LogP contribution in [0.1, 0.15) is 48.4 Å². The first-order valence-corrected chi connectivity index (χ1v) is 15.6. The summed E-state index contributed by atoms with van der Waals surface area (Å²) >= 11 is 0. The minimum atomic E-state index is -3.54. The van der Waals surface area contributed by atoms with E-state index in [0.29, 0.717) is 25.1 Å². The van der Waals surface area contributed by atoms with Gasteiger partial charge < -0.3 is 10.2 Å². The van der Waals surface area contributed by atoms with E-state index in [4.69, 9.17) is 0 Å². The van der Waals surface area contributed by atoms with Crippen LogP contribution in [0.2, 0.25) is 0 Å². The Kier molecular flexibility index (Phi) is 11.3. The van der Waals surface area contributed by atoms with Crippen molar-refractivity contribution in [2.75, 3.05) is 23.7 Å². The first-order chi connectivity index (χ1) is 19.1. The van der Waals surface area contributed by atoms with Crippen LogP contribution in [0.4, 0.5) is 5.69 Å². The number of rotatable bonds is 14. The molecular formula is C32H41N3O4S. The number of hydrogen-bond acceptors (Lipinski definition) is 4. The summed E-state index contributed by atoms with van der Waals surface area (Å²) in [4.78, 5) is 28.9. The number of aryl methyl sites for hydroxylation is 2. The van der Waals surface area contributed by atoms with Crippen molar-refractivity contribution in [3.05, 3.63) is 101 Å². The third-order valence-electron chi connectivity index (χ3n) is 6.70. The maximum absolute atomic E-state index is 13.8. The molecule has 0 radical (unpaired) electrons. The van der Waals surface area contributed by atoms with Crippen molar-refractivity contribution in [2.24, 2.45) is 0 Å². The van der Waals surface area contributed by atoms with Gasteiger partial charge in [0.1, 0.15) is 6.04 Å². The molecule has 1 unspecified atom stereocenters. The van der Waals surface area contributed by atoms with E-state index >= 15 is 0 Å². The molecular weight excluding hydrogens is 522 g/mol. The number of nitrogens with one attached hydrogen (secondary N) is 1. The largest absolute Gasteiger partial charge is 0.354 e. The molecule has 1 N–H and O–H groups in total. The number of benzene rings is 3. The number of anilines is 1. The maximum Gasteiger partial charge on any atom is 0.243 e. The van der Waals surface area contributed by atoms with Crippen LogP contribution >= 0.6 is 0 Å². The molecule has 0 saturated carbocycles. The molecule has 0 saturated heterocycles. The van der Waals surface area contributed by atoms with Crippen LogP contribution in [-0.4, -0.2) is 50.5 Å². The van der Waals surface area contributed by atoms with Gasteiger partial charge in [-0.1, -0.05) is 79.2 Å². The second-order valence-electron chi connectivity index (χ2n) is 10.3. The Bertz CT molecular complexity index is 1380. The van der Waals surface area contributed by atoms with Crippen molar-refractivity contribution >= 4 is 27.5 Å². The highest BCUT2D eigenvalue weighted by Crippen LogP contribution is 2.21. The summed E-state index contributed by atoms with van der Waals surface area (Å²) in [7, 11) is -3.54. The predicted molar refractivity (Wildman–Crippen MR) is 162 cm³/mol. The fourth-order valence-corrected chi connectivity index (χ4v) is 5.67. The molecule has 0 aliphatic heterocycles. The number of hydrogen-bond donors (Lipinski definition) is 1. The number of sulfonamides is 1. The lowest BCUT2D eigenvalue weighted by molar-refractivity contribution is -0.141. The van der Waals surface area contributed by atoms with Crippen LogP contribution in [-0.2, 0) is 32.6 Å². The van der Waals surface area contributed by atoms with E-state index in [1.807, 2.05) is 93.6 Å². The Labute approximate surface area is 239 Å². The van der Waals surface area contributed by atoms with Crippen LogP contribution in [0.3, 0.4) is 0 Å². The second kappa shape index (κ2) is 14.7. The van der Waals surface area contributed by atoms with Gasteiger partial charge in [0.05, 0.1) is 11.9 Å². The minimum absolute atomic E-state index is 0.107. The van der Waals surface area contributed by atoms with E-state index in [-0.39, 0.29) is 31.3 Å². The SMILES string of the molecule is CCCNC(=O)C(Cc1ccccc1)N(Cc1cccc(C)c1)C(=O)CCCN(c1cccc(C)c1)S(C)(=O)=O. The summed E-state index contributed by atoms with van der Waals surface area (Å²) < 4.78 is 26.6. The van der Waals surface area contributed by atoms with Crippen LogP contribution in [0, 0.1) is 13.8 Å². The Hall–Kier alpha value is -3.65. The van der Waals surface area contributed by atoms with Crippen LogP contribution in [0.25, 0.3) is 0 Å². The molecule has 7 nitrogen and oxygen atoms in total. The summed E-state index contributed by atoms with van der Waals surface area (Å²) in [5.41, 5.74) is 4.50. The highest BCUT2D eigenvalue weighted by molar-refractivity contribution is 7.92. The highest BCUT2D eigenvalue weighted by Gasteiger charge is 2.30. The molecule has 0 aliphatic carbocycles. The molecule has 0 bridgehead atoms. The summed E-state index contributed by atoms with van der Waals surface area (Å²) in [6.45, 7) is 6.87.